The second kappa shape index (κ2) is 7.85. The Balaban J connectivity index is 1.58. The zero-order chi connectivity index (χ0) is 21.4. The number of hydrogen-bond acceptors (Lipinski definition) is 6. The number of pyridine rings is 1. The van der Waals surface area contributed by atoms with Crippen molar-refractivity contribution < 1.29 is 4.79 Å². The SMILES string of the molecule is Cc1cc(Cl)cc(-c2csc(NC(=O)Cc3nccc4[nH]c(=O)n(C)c(=O)c34)n2)c1. The van der Waals surface area contributed by atoms with E-state index < -0.39 is 11.2 Å². The fourth-order valence-electron chi connectivity index (χ4n) is 3.10. The van der Waals surface area contributed by atoms with Gasteiger partial charge in [-0.2, -0.15) is 0 Å². The summed E-state index contributed by atoms with van der Waals surface area (Å²) in [6.45, 7) is 1.94. The minimum absolute atomic E-state index is 0.135. The van der Waals surface area contributed by atoms with Crippen LogP contribution in [0.2, 0.25) is 5.02 Å². The van der Waals surface area contributed by atoms with Gasteiger partial charge in [-0.15, -0.1) is 11.3 Å². The maximum absolute atomic E-state index is 12.6. The second-order valence-electron chi connectivity index (χ2n) is 6.75. The van der Waals surface area contributed by atoms with Crippen molar-refractivity contribution in [1.82, 2.24) is 19.5 Å². The molecule has 0 atom stereocenters. The molecule has 0 fully saturated rings. The first-order chi connectivity index (χ1) is 14.3. The second-order valence-corrected chi connectivity index (χ2v) is 8.05. The van der Waals surface area contributed by atoms with E-state index in [1.165, 1.54) is 30.6 Å². The topological polar surface area (TPSA) is 110 Å². The molecule has 8 nitrogen and oxygen atoms in total. The van der Waals surface area contributed by atoms with Crippen LogP contribution >= 0.6 is 22.9 Å². The van der Waals surface area contributed by atoms with Gasteiger partial charge in [0.05, 0.1) is 28.7 Å². The zero-order valence-electron chi connectivity index (χ0n) is 16.0. The summed E-state index contributed by atoms with van der Waals surface area (Å²) in [7, 11) is 1.37. The summed E-state index contributed by atoms with van der Waals surface area (Å²) < 4.78 is 0.950. The highest BCUT2D eigenvalue weighted by atomic mass is 35.5. The number of aromatic nitrogens is 4. The lowest BCUT2D eigenvalue weighted by Gasteiger charge is -2.06. The number of amides is 1. The maximum Gasteiger partial charge on any atom is 0.328 e. The lowest BCUT2D eigenvalue weighted by Crippen LogP contribution is -2.33. The molecule has 0 bridgehead atoms. The lowest BCUT2D eigenvalue weighted by molar-refractivity contribution is -0.115. The van der Waals surface area contributed by atoms with Crippen molar-refractivity contribution >= 4 is 44.9 Å². The van der Waals surface area contributed by atoms with Gasteiger partial charge in [0, 0.05) is 29.2 Å². The van der Waals surface area contributed by atoms with Crippen LogP contribution in [0.4, 0.5) is 5.13 Å². The summed E-state index contributed by atoms with van der Waals surface area (Å²) in [6, 6.07) is 7.16. The van der Waals surface area contributed by atoms with Crippen LogP contribution in [0.5, 0.6) is 0 Å². The highest BCUT2D eigenvalue weighted by molar-refractivity contribution is 7.14. The number of carbonyl (C=O) groups excluding carboxylic acids is 1. The highest BCUT2D eigenvalue weighted by Crippen LogP contribution is 2.28. The van der Waals surface area contributed by atoms with Gasteiger partial charge in [-0.25, -0.2) is 9.78 Å². The Morgan fingerprint density at radius 3 is 2.87 bits per heavy atom. The molecule has 0 aliphatic heterocycles. The Hall–Kier alpha value is -3.30. The molecular weight excluding hydrogens is 426 g/mol. The van der Waals surface area contributed by atoms with Crippen molar-refractivity contribution in [1.29, 1.82) is 0 Å². The van der Waals surface area contributed by atoms with Gasteiger partial charge >= 0.3 is 5.69 Å². The Bertz CT molecular complexity index is 1390. The summed E-state index contributed by atoms with van der Waals surface area (Å²) in [5, 5.41) is 5.82. The number of aromatic amines is 1. The van der Waals surface area contributed by atoms with Crippen LogP contribution in [-0.2, 0) is 18.3 Å². The number of H-pyrrole nitrogens is 1. The van der Waals surface area contributed by atoms with Gasteiger partial charge < -0.3 is 10.3 Å². The third-order valence-corrected chi connectivity index (χ3v) is 5.49. The van der Waals surface area contributed by atoms with E-state index in [1.54, 1.807) is 0 Å². The van der Waals surface area contributed by atoms with Crippen LogP contribution < -0.4 is 16.6 Å². The monoisotopic (exact) mass is 441 g/mol. The summed E-state index contributed by atoms with van der Waals surface area (Å²) >= 11 is 7.40. The maximum atomic E-state index is 12.6. The normalized spacial score (nSPS) is 11.0. The number of halogens is 1. The molecule has 2 N–H and O–H groups in total. The molecule has 1 amide bonds. The number of nitrogens with zero attached hydrogens (tertiary/aromatic N) is 3. The van der Waals surface area contributed by atoms with Crippen LogP contribution in [0.1, 0.15) is 11.3 Å². The first-order valence-electron chi connectivity index (χ1n) is 8.91. The first-order valence-corrected chi connectivity index (χ1v) is 10.2. The van der Waals surface area contributed by atoms with Gasteiger partial charge in [0.25, 0.3) is 5.56 Å². The van der Waals surface area contributed by atoms with Gasteiger partial charge in [-0.1, -0.05) is 11.6 Å². The minimum atomic E-state index is -0.527. The molecule has 3 heterocycles. The number of benzene rings is 1. The van der Waals surface area contributed by atoms with Crippen LogP contribution in [0.3, 0.4) is 0 Å². The van der Waals surface area contributed by atoms with E-state index in [-0.39, 0.29) is 23.4 Å². The molecule has 0 spiro atoms. The lowest BCUT2D eigenvalue weighted by atomic mass is 10.1. The van der Waals surface area contributed by atoms with Gasteiger partial charge in [-0.05, 0) is 36.8 Å². The van der Waals surface area contributed by atoms with Crippen molar-refractivity contribution in [3.63, 3.8) is 0 Å². The molecule has 10 heteroatoms. The summed E-state index contributed by atoms with van der Waals surface area (Å²) in [6.07, 6.45) is 1.31. The number of nitrogens with one attached hydrogen (secondary N) is 2. The Morgan fingerprint density at radius 2 is 2.10 bits per heavy atom. The van der Waals surface area contributed by atoms with Gasteiger partial charge in [0.15, 0.2) is 5.13 Å². The van der Waals surface area contributed by atoms with Crippen molar-refractivity contribution in [3.8, 4) is 11.3 Å². The van der Waals surface area contributed by atoms with Gasteiger partial charge in [0.1, 0.15) is 0 Å². The van der Waals surface area contributed by atoms with E-state index in [4.69, 9.17) is 11.6 Å². The summed E-state index contributed by atoms with van der Waals surface area (Å²) in [4.78, 5) is 48.0. The summed E-state index contributed by atoms with van der Waals surface area (Å²) in [5.74, 6) is -0.369. The largest absolute Gasteiger partial charge is 0.328 e. The number of anilines is 1. The number of thiazole rings is 1. The zero-order valence-corrected chi connectivity index (χ0v) is 17.6. The van der Waals surface area contributed by atoms with Crippen LogP contribution in [0.25, 0.3) is 22.2 Å². The molecule has 0 aliphatic carbocycles. The molecule has 152 valence electrons. The fraction of sp³-hybridized carbons (Fsp3) is 0.150. The van der Waals surface area contributed by atoms with E-state index >= 15 is 0 Å². The minimum Gasteiger partial charge on any atom is -0.307 e. The first kappa shape index (κ1) is 20.0. The standard InChI is InChI=1S/C20H16ClN5O3S/c1-10-5-11(7-12(21)6-10)15-9-30-19(23-15)25-16(27)8-14-17-13(3-4-22-14)24-20(29)26(2)18(17)28/h3-7,9H,8H2,1-2H3,(H,24,29)(H,23,25,27). The molecule has 4 rings (SSSR count). The molecular formula is C20H16ClN5O3S. The van der Waals surface area contributed by atoms with E-state index in [9.17, 15) is 14.4 Å². The van der Waals surface area contributed by atoms with E-state index in [0.717, 1.165) is 15.7 Å². The molecule has 0 unspecified atom stereocenters. The van der Waals surface area contributed by atoms with Gasteiger partial charge in [0.2, 0.25) is 5.91 Å². The Kier molecular flexibility index (Phi) is 5.23. The summed E-state index contributed by atoms with van der Waals surface area (Å²) in [5.41, 5.74) is 2.17. The van der Waals surface area contributed by atoms with Crippen molar-refractivity contribution in [2.24, 2.45) is 7.05 Å². The molecule has 0 radical (unpaired) electrons. The number of rotatable bonds is 4. The average molecular weight is 442 g/mol. The third kappa shape index (κ3) is 3.89. The Morgan fingerprint density at radius 1 is 1.30 bits per heavy atom. The van der Waals surface area contributed by atoms with Crippen LogP contribution in [0.15, 0.2) is 45.4 Å². The molecule has 4 aromatic rings. The fourth-order valence-corrected chi connectivity index (χ4v) is 4.13. The van der Waals surface area contributed by atoms with E-state index in [1.807, 2.05) is 30.5 Å². The Labute approximate surface area is 179 Å². The third-order valence-electron chi connectivity index (χ3n) is 4.51. The van der Waals surface area contributed by atoms with Crippen molar-refractivity contribution in [2.45, 2.75) is 13.3 Å². The van der Waals surface area contributed by atoms with Crippen LogP contribution in [-0.4, -0.2) is 25.4 Å². The van der Waals surface area contributed by atoms with E-state index in [0.29, 0.717) is 21.4 Å². The van der Waals surface area contributed by atoms with Crippen molar-refractivity contribution in [3.05, 3.63) is 73.0 Å². The van der Waals surface area contributed by atoms with Crippen molar-refractivity contribution in [2.75, 3.05) is 5.32 Å². The highest BCUT2D eigenvalue weighted by Gasteiger charge is 2.15. The molecule has 0 saturated carbocycles. The quantitative estimate of drug-likeness (QED) is 0.506. The molecule has 30 heavy (non-hydrogen) atoms. The molecule has 1 aromatic carbocycles. The predicted octanol–water partition coefficient (Wildman–Crippen LogP) is 2.89. The number of fused-ring (bicyclic) bond motifs is 1. The number of carbonyl (C=O) groups is 1. The number of hydrogen-bond donors (Lipinski definition) is 2. The smallest absolute Gasteiger partial charge is 0.307 e. The predicted molar refractivity (Wildman–Crippen MR) is 117 cm³/mol. The average Bonchev–Trinajstić information content (AvgIpc) is 3.14. The van der Waals surface area contributed by atoms with Crippen LogP contribution in [0, 0.1) is 6.92 Å². The molecule has 0 saturated heterocycles. The molecule has 3 aromatic heterocycles. The number of aryl methyl sites for hydroxylation is 1. The van der Waals surface area contributed by atoms with E-state index in [2.05, 4.69) is 20.3 Å². The van der Waals surface area contributed by atoms with Gasteiger partial charge in [-0.3, -0.25) is 19.1 Å². The molecule has 0 aliphatic rings.